The Balaban J connectivity index is 3.15. The Morgan fingerprint density at radius 3 is 2.64 bits per heavy atom. The molecule has 0 fully saturated rings. The molecule has 0 rings (SSSR count). The van der Waals surface area contributed by atoms with Gasteiger partial charge in [0.25, 0.3) is 0 Å². The van der Waals surface area contributed by atoms with E-state index in [0.29, 0.717) is 6.61 Å². The highest BCUT2D eigenvalue weighted by atomic mass is 16.5. The number of likely N-dealkylation sites (N-methyl/N-ethyl adjacent to an activating group) is 1. The predicted octanol–water partition coefficient (Wildman–Crippen LogP) is 0.400. The lowest BCUT2D eigenvalue weighted by atomic mass is 10.2. The molecule has 86 valence electrons. The zero-order valence-corrected chi connectivity index (χ0v) is 9.29. The van der Waals surface area contributed by atoms with Crippen molar-refractivity contribution in [2.75, 3.05) is 40.1 Å². The van der Waals surface area contributed by atoms with Crippen LogP contribution in [0.2, 0.25) is 0 Å². The van der Waals surface area contributed by atoms with E-state index < -0.39 is 0 Å². The van der Waals surface area contributed by atoms with Gasteiger partial charge in [-0.25, -0.2) is 0 Å². The summed E-state index contributed by atoms with van der Waals surface area (Å²) in [6.07, 6.45) is 1.79. The van der Waals surface area contributed by atoms with Crippen LogP contribution < -0.4 is 5.32 Å². The molecule has 0 radical (unpaired) electrons. The Bertz CT molecular complexity index is 112. The summed E-state index contributed by atoms with van der Waals surface area (Å²) in [6, 6.07) is 0.169. The maximum Gasteiger partial charge on any atom is 0.0585 e. The van der Waals surface area contributed by atoms with Crippen molar-refractivity contribution in [2.24, 2.45) is 0 Å². The molecule has 14 heavy (non-hydrogen) atoms. The lowest BCUT2D eigenvalue weighted by Crippen LogP contribution is -2.33. The molecule has 0 aromatic rings. The van der Waals surface area contributed by atoms with E-state index in [4.69, 9.17) is 14.6 Å². The van der Waals surface area contributed by atoms with Gasteiger partial charge in [-0.3, -0.25) is 0 Å². The third kappa shape index (κ3) is 8.44. The van der Waals surface area contributed by atoms with Crippen LogP contribution in [0, 0.1) is 0 Å². The van der Waals surface area contributed by atoms with E-state index in [2.05, 4.69) is 5.32 Å². The lowest BCUT2D eigenvalue weighted by Gasteiger charge is -2.14. The van der Waals surface area contributed by atoms with Crippen molar-refractivity contribution in [1.29, 1.82) is 0 Å². The van der Waals surface area contributed by atoms with E-state index in [1.54, 1.807) is 7.11 Å². The van der Waals surface area contributed by atoms with Crippen LogP contribution >= 0.6 is 0 Å². The largest absolute Gasteiger partial charge is 0.395 e. The van der Waals surface area contributed by atoms with Gasteiger partial charge in [-0.2, -0.15) is 0 Å². The monoisotopic (exact) mass is 205 g/mol. The maximum atomic E-state index is 8.96. The molecule has 4 heteroatoms. The van der Waals surface area contributed by atoms with Crippen molar-refractivity contribution in [3.05, 3.63) is 0 Å². The first kappa shape index (κ1) is 13.8. The standard InChI is InChI=1S/C10H23NO3/c1-3-11-10(9-12)5-8-14-7-4-6-13-2/h10-12H,3-9H2,1-2H3. The van der Waals surface area contributed by atoms with Crippen molar-refractivity contribution in [3.63, 3.8) is 0 Å². The third-order valence-electron chi connectivity index (χ3n) is 1.96. The highest BCUT2D eigenvalue weighted by Gasteiger charge is 2.04. The van der Waals surface area contributed by atoms with E-state index in [1.165, 1.54) is 0 Å². The summed E-state index contributed by atoms with van der Waals surface area (Å²) >= 11 is 0. The summed E-state index contributed by atoms with van der Waals surface area (Å²) < 4.78 is 10.3. The van der Waals surface area contributed by atoms with Crippen LogP contribution in [0.1, 0.15) is 19.8 Å². The van der Waals surface area contributed by atoms with Gasteiger partial charge in [0.2, 0.25) is 0 Å². The molecule has 4 nitrogen and oxygen atoms in total. The molecule has 0 aliphatic heterocycles. The number of ether oxygens (including phenoxy) is 2. The highest BCUT2D eigenvalue weighted by Crippen LogP contribution is 1.93. The molecule has 0 aromatic carbocycles. The zero-order chi connectivity index (χ0) is 10.6. The summed E-state index contributed by atoms with van der Waals surface area (Å²) in [4.78, 5) is 0. The Kier molecular flexibility index (Phi) is 10.8. The van der Waals surface area contributed by atoms with Gasteiger partial charge in [0.15, 0.2) is 0 Å². The van der Waals surface area contributed by atoms with E-state index >= 15 is 0 Å². The third-order valence-corrected chi connectivity index (χ3v) is 1.96. The molecular formula is C10H23NO3. The van der Waals surface area contributed by atoms with E-state index in [1.807, 2.05) is 6.92 Å². The van der Waals surface area contributed by atoms with Crippen LogP contribution in [0.25, 0.3) is 0 Å². The first-order valence-electron chi connectivity index (χ1n) is 5.26. The quantitative estimate of drug-likeness (QED) is 0.507. The van der Waals surface area contributed by atoms with E-state index in [9.17, 15) is 0 Å². The Labute approximate surface area is 86.6 Å². The first-order chi connectivity index (χ1) is 6.85. The lowest BCUT2D eigenvalue weighted by molar-refractivity contribution is 0.0910. The average molecular weight is 205 g/mol. The summed E-state index contributed by atoms with van der Waals surface area (Å²) in [5.41, 5.74) is 0. The van der Waals surface area contributed by atoms with Gasteiger partial charge < -0.3 is 19.9 Å². The minimum absolute atomic E-state index is 0.169. The number of methoxy groups -OCH3 is 1. The van der Waals surface area contributed by atoms with Crippen LogP contribution in [0.4, 0.5) is 0 Å². The number of nitrogens with one attached hydrogen (secondary N) is 1. The van der Waals surface area contributed by atoms with Crippen LogP contribution in [0.5, 0.6) is 0 Å². The van der Waals surface area contributed by atoms with Crippen molar-refractivity contribution < 1.29 is 14.6 Å². The summed E-state index contributed by atoms with van der Waals surface area (Å²) in [6.45, 7) is 5.27. The molecule has 1 unspecified atom stereocenters. The zero-order valence-electron chi connectivity index (χ0n) is 9.29. The molecule has 2 N–H and O–H groups in total. The second-order valence-corrected chi connectivity index (χ2v) is 3.18. The summed E-state index contributed by atoms with van der Waals surface area (Å²) in [5.74, 6) is 0. The fraction of sp³-hybridized carbons (Fsp3) is 1.00. The molecule has 0 aliphatic rings. The van der Waals surface area contributed by atoms with Gasteiger partial charge in [0, 0.05) is 33.0 Å². The van der Waals surface area contributed by atoms with Crippen LogP contribution in [-0.2, 0) is 9.47 Å². The first-order valence-corrected chi connectivity index (χ1v) is 5.26. The normalized spacial score (nSPS) is 13.1. The molecular weight excluding hydrogens is 182 g/mol. The molecule has 0 heterocycles. The molecule has 0 amide bonds. The van der Waals surface area contributed by atoms with Crippen LogP contribution in [0.15, 0.2) is 0 Å². The second-order valence-electron chi connectivity index (χ2n) is 3.18. The van der Waals surface area contributed by atoms with Gasteiger partial charge in [-0.05, 0) is 19.4 Å². The highest BCUT2D eigenvalue weighted by molar-refractivity contribution is 4.63. The van der Waals surface area contributed by atoms with Gasteiger partial charge in [-0.15, -0.1) is 0 Å². The van der Waals surface area contributed by atoms with Gasteiger partial charge in [0.1, 0.15) is 0 Å². The Hall–Kier alpha value is -0.160. The van der Waals surface area contributed by atoms with Crippen molar-refractivity contribution in [1.82, 2.24) is 5.32 Å². The predicted molar refractivity (Wildman–Crippen MR) is 56.5 cm³/mol. The minimum Gasteiger partial charge on any atom is -0.395 e. The topological polar surface area (TPSA) is 50.7 Å². The summed E-state index contributed by atoms with van der Waals surface area (Å²) in [7, 11) is 1.69. The summed E-state index contributed by atoms with van der Waals surface area (Å²) in [5, 5.41) is 12.1. The van der Waals surface area contributed by atoms with Crippen molar-refractivity contribution in [2.45, 2.75) is 25.8 Å². The minimum atomic E-state index is 0.169. The fourth-order valence-electron chi connectivity index (χ4n) is 1.18. The average Bonchev–Trinajstić information content (AvgIpc) is 2.21. The van der Waals surface area contributed by atoms with Crippen LogP contribution in [0.3, 0.4) is 0 Å². The number of rotatable bonds is 10. The number of hydrogen-bond donors (Lipinski definition) is 2. The van der Waals surface area contributed by atoms with E-state index in [0.717, 1.165) is 32.6 Å². The SMILES string of the molecule is CCNC(CO)CCOCCCOC. The Morgan fingerprint density at radius 2 is 2.07 bits per heavy atom. The van der Waals surface area contributed by atoms with Crippen molar-refractivity contribution in [3.8, 4) is 0 Å². The van der Waals surface area contributed by atoms with Crippen molar-refractivity contribution >= 4 is 0 Å². The molecule has 0 saturated carbocycles. The van der Waals surface area contributed by atoms with Crippen LogP contribution in [-0.4, -0.2) is 51.2 Å². The molecule has 0 bridgehead atoms. The fourth-order valence-corrected chi connectivity index (χ4v) is 1.18. The molecule has 0 aliphatic carbocycles. The second kappa shape index (κ2) is 10.9. The van der Waals surface area contributed by atoms with Gasteiger partial charge in [0.05, 0.1) is 6.61 Å². The molecule has 1 atom stereocenters. The number of aliphatic hydroxyl groups excluding tert-OH is 1. The van der Waals surface area contributed by atoms with Gasteiger partial charge in [-0.1, -0.05) is 6.92 Å². The smallest absolute Gasteiger partial charge is 0.0585 e. The van der Waals surface area contributed by atoms with Gasteiger partial charge >= 0.3 is 0 Å². The molecule has 0 spiro atoms. The molecule has 0 aromatic heterocycles. The number of aliphatic hydroxyl groups is 1. The number of hydrogen-bond acceptors (Lipinski definition) is 4. The van der Waals surface area contributed by atoms with E-state index in [-0.39, 0.29) is 12.6 Å². The molecule has 0 saturated heterocycles. The Morgan fingerprint density at radius 1 is 1.29 bits per heavy atom. The maximum absolute atomic E-state index is 8.96.